The van der Waals surface area contributed by atoms with Crippen LogP contribution in [0.15, 0.2) is 36.4 Å². The van der Waals surface area contributed by atoms with Crippen LogP contribution < -0.4 is 19.5 Å². The van der Waals surface area contributed by atoms with Crippen molar-refractivity contribution < 1.29 is 28.5 Å². The highest BCUT2D eigenvalue weighted by Crippen LogP contribution is 2.31. The number of carbonyl (C=O) groups is 2. The van der Waals surface area contributed by atoms with Crippen molar-refractivity contribution in [3.05, 3.63) is 47.0 Å². The Balaban J connectivity index is 1.75. The number of nitrogens with one attached hydrogen (secondary N) is 1. The molecule has 1 aliphatic rings. The lowest BCUT2D eigenvalue weighted by Gasteiger charge is -2.25. The number of anilines is 1. The Morgan fingerprint density at radius 3 is 2.50 bits per heavy atom. The van der Waals surface area contributed by atoms with Gasteiger partial charge in [-0.1, -0.05) is 11.6 Å². The molecule has 2 amide bonds. The van der Waals surface area contributed by atoms with Gasteiger partial charge in [0.1, 0.15) is 18.4 Å². The van der Waals surface area contributed by atoms with Crippen LogP contribution in [0, 0.1) is 0 Å². The molecule has 1 N–H and O–H groups in total. The first-order valence-corrected chi connectivity index (χ1v) is 10.6. The average Bonchev–Trinajstić information content (AvgIpc) is 3.29. The van der Waals surface area contributed by atoms with Crippen LogP contribution in [0.1, 0.15) is 23.2 Å². The fourth-order valence-electron chi connectivity index (χ4n) is 3.61. The number of nitrogens with zero attached hydrogens (tertiary/aromatic N) is 1. The molecule has 9 heteroatoms. The van der Waals surface area contributed by atoms with Gasteiger partial charge in [0.2, 0.25) is 5.91 Å². The highest BCUT2D eigenvalue weighted by molar-refractivity contribution is 6.31. The highest BCUT2D eigenvalue weighted by Gasteiger charge is 2.35. The number of rotatable bonds is 9. The summed E-state index contributed by atoms with van der Waals surface area (Å²) in [5.74, 6) is 0.888. The van der Waals surface area contributed by atoms with Gasteiger partial charge < -0.3 is 29.2 Å². The van der Waals surface area contributed by atoms with E-state index in [1.165, 1.54) is 7.11 Å². The smallest absolute Gasteiger partial charge is 0.258 e. The highest BCUT2D eigenvalue weighted by atomic mass is 35.5. The number of benzene rings is 2. The minimum absolute atomic E-state index is 0.273. The second kappa shape index (κ2) is 11.1. The number of hydrogen-bond acceptors (Lipinski definition) is 6. The van der Waals surface area contributed by atoms with E-state index in [2.05, 4.69) is 5.32 Å². The summed E-state index contributed by atoms with van der Waals surface area (Å²) in [4.78, 5) is 27.8. The van der Waals surface area contributed by atoms with Crippen LogP contribution in [0.4, 0.5) is 5.69 Å². The predicted molar refractivity (Wildman–Crippen MR) is 121 cm³/mol. The number of likely N-dealkylation sites (tertiary alicyclic amines) is 1. The maximum atomic E-state index is 13.2. The average molecular weight is 463 g/mol. The molecule has 32 heavy (non-hydrogen) atoms. The quantitative estimate of drug-likeness (QED) is 0.573. The zero-order valence-electron chi connectivity index (χ0n) is 18.4. The molecule has 1 atom stereocenters. The number of carbonyl (C=O) groups excluding carboxylic acids is 2. The second-order valence-corrected chi connectivity index (χ2v) is 7.63. The number of methoxy groups -OCH3 is 3. The minimum atomic E-state index is -0.605. The SMILES string of the molecule is COCCOc1cc(NC(=O)C2CCCN2C(=O)c2cc(Cl)ccc2OC)ccc1OC. The van der Waals surface area contributed by atoms with Gasteiger partial charge >= 0.3 is 0 Å². The standard InChI is InChI=1S/C23H27ClN2O6/c1-29-11-12-32-21-14-16(7-9-20(21)31-3)25-22(27)18-5-4-10-26(18)23(28)17-13-15(24)6-8-19(17)30-2/h6-9,13-14,18H,4-5,10-12H2,1-3H3,(H,25,27). The monoisotopic (exact) mass is 462 g/mol. The molecule has 8 nitrogen and oxygen atoms in total. The van der Waals surface area contributed by atoms with E-state index in [0.29, 0.717) is 59.7 Å². The second-order valence-electron chi connectivity index (χ2n) is 7.20. The molecule has 1 unspecified atom stereocenters. The van der Waals surface area contributed by atoms with E-state index in [1.807, 2.05) is 0 Å². The van der Waals surface area contributed by atoms with Crippen molar-refractivity contribution in [3.8, 4) is 17.2 Å². The molecule has 0 saturated carbocycles. The normalized spacial score (nSPS) is 15.4. The third-order valence-corrected chi connectivity index (χ3v) is 5.42. The van der Waals surface area contributed by atoms with Crippen molar-refractivity contribution in [1.82, 2.24) is 4.90 Å². The maximum Gasteiger partial charge on any atom is 0.258 e. The zero-order chi connectivity index (χ0) is 23.1. The van der Waals surface area contributed by atoms with Crippen LogP contribution in [-0.4, -0.2) is 63.8 Å². The molecule has 1 fully saturated rings. The summed E-state index contributed by atoms with van der Waals surface area (Å²) in [6, 6.07) is 9.38. The molecule has 1 heterocycles. The topological polar surface area (TPSA) is 86.3 Å². The Morgan fingerprint density at radius 2 is 1.78 bits per heavy atom. The van der Waals surface area contributed by atoms with E-state index in [-0.39, 0.29) is 11.8 Å². The first-order chi connectivity index (χ1) is 15.5. The van der Waals surface area contributed by atoms with Gasteiger partial charge in [-0.05, 0) is 43.2 Å². The lowest BCUT2D eigenvalue weighted by molar-refractivity contribution is -0.119. The first kappa shape index (κ1) is 23.7. The molecule has 2 aromatic carbocycles. The molecular formula is C23H27ClN2O6. The molecule has 0 aliphatic carbocycles. The van der Waals surface area contributed by atoms with Gasteiger partial charge in [-0.15, -0.1) is 0 Å². The van der Waals surface area contributed by atoms with Gasteiger partial charge in [0.05, 0.1) is 26.4 Å². The van der Waals surface area contributed by atoms with Crippen molar-refractivity contribution in [2.75, 3.05) is 46.4 Å². The number of ether oxygens (including phenoxy) is 4. The summed E-state index contributed by atoms with van der Waals surface area (Å²) in [6.45, 7) is 1.24. The lowest BCUT2D eigenvalue weighted by Crippen LogP contribution is -2.43. The number of amides is 2. The van der Waals surface area contributed by atoms with Gasteiger partial charge in [-0.2, -0.15) is 0 Å². The summed E-state index contributed by atoms with van der Waals surface area (Å²) in [6.07, 6.45) is 1.29. The molecule has 172 valence electrons. The lowest BCUT2D eigenvalue weighted by atomic mass is 10.1. The van der Waals surface area contributed by atoms with Crippen LogP contribution in [0.2, 0.25) is 5.02 Å². The molecule has 2 aromatic rings. The Hall–Kier alpha value is -2.97. The predicted octanol–water partition coefficient (Wildman–Crippen LogP) is 3.63. The van der Waals surface area contributed by atoms with Crippen LogP contribution in [-0.2, 0) is 9.53 Å². The largest absolute Gasteiger partial charge is 0.496 e. The Morgan fingerprint density at radius 1 is 1.03 bits per heavy atom. The van der Waals surface area contributed by atoms with Gasteiger partial charge in [0.15, 0.2) is 11.5 Å². The summed E-state index contributed by atoms with van der Waals surface area (Å²) in [5, 5.41) is 3.31. The fraction of sp³-hybridized carbons (Fsp3) is 0.391. The molecule has 0 bridgehead atoms. The molecule has 3 rings (SSSR count). The number of halogens is 1. The molecule has 0 aromatic heterocycles. The van der Waals surface area contributed by atoms with Crippen molar-refractivity contribution in [3.63, 3.8) is 0 Å². The molecule has 0 spiro atoms. The van der Waals surface area contributed by atoms with Gasteiger partial charge in [-0.3, -0.25) is 9.59 Å². The molecule has 1 aliphatic heterocycles. The van der Waals surface area contributed by atoms with E-state index in [9.17, 15) is 9.59 Å². The van der Waals surface area contributed by atoms with Crippen LogP contribution >= 0.6 is 11.6 Å². The van der Waals surface area contributed by atoms with Crippen molar-refractivity contribution in [2.45, 2.75) is 18.9 Å². The maximum absolute atomic E-state index is 13.2. The van der Waals surface area contributed by atoms with Crippen LogP contribution in [0.3, 0.4) is 0 Å². The molecule has 0 radical (unpaired) electrons. The van der Waals surface area contributed by atoms with Gasteiger partial charge in [0.25, 0.3) is 5.91 Å². The summed E-state index contributed by atoms with van der Waals surface area (Å²) >= 11 is 6.08. The Bertz CT molecular complexity index is 967. The van der Waals surface area contributed by atoms with Crippen molar-refractivity contribution in [2.24, 2.45) is 0 Å². The van der Waals surface area contributed by atoms with E-state index >= 15 is 0 Å². The Labute approximate surface area is 192 Å². The van der Waals surface area contributed by atoms with E-state index in [4.69, 9.17) is 30.5 Å². The van der Waals surface area contributed by atoms with Gasteiger partial charge in [0, 0.05) is 30.4 Å². The summed E-state index contributed by atoms with van der Waals surface area (Å²) < 4.78 is 21.3. The zero-order valence-corrected chi connectivity index (χ0v) is 19.1. The van der Waals surface area contributed by atoms with Crippen molar-refractivity contribution in [1.29, 1.82) is 0 Å². The first-order valence-electron chi connectivity index (χ1n) is 10.2. The minimum Gasteiger partial charge on any atom is -0.496 e. The van der Waals surface area contributed by atoms with Crippen molar-refractivity contribution >= 4 is 29.1 Å². The molecular weight excluding hydrogens is 436 g/mol. The summed E-state index contributed by atoms with van der Waals surface area (Å²) in [5.41, 5.74) is 0.876. The molecule has 1 saturated heterocycles. The third-order valence-electron chi connectivity index (χ3n) is 5.18. The fourth-order valence-corrected chi connectivity index (χ4v) is 3.78. The van der Waals surface area contributed by atoms with Gasteiger partial charge in [-0.25, -0.2) is 0 Å². The third kappa shape index (κ3) is 5.44. The van der Waals surface area contributed by atoms with E-state index in [0.717, 1.165) is 6.42 Å². The van der Waals surface area contributed by atoms with E-state index in [1.54, 1.807) is 55.5 Å². The van der Waals surface area contributed by atoms with Crippen LogP contribution in [0.5, 0.6) is 17.2 Å². The van der Waals surface area contributed by atoms with Crippen LogP contribution in [0.25, 0.3) is 0 Å². The summed E-state index contributed by atoms with van der Waals surface area (Å²) in [7, 11) is 4.62. The number of hydrogen-bond donors (Lipinski definition) is 1. The Kier molecular flexibility index (Phi) is 8.19. The van der Waals surface area contributed by atoms with E-state index < -0.39 is 6.04 Å².